The van der Waals surface area contributed by atoms with E-state index in [4.69, 9.17) is 16.3 Å². The van der Waals surface area contributed by atoms with E-state index in [0.717, 1.165) is 31.2 Å². The Morgan fingerprint density at radius 3 is 2.82 bits per heavy atom. The van der Waals surface area contributed by atoms with E-state index in [9.17, 15) is 0 Å². The van der Waals surface area contributed by atoms with Crippen LogP contribution in [0.25, 0.3) is 0 Å². The minimum absolute atomic E-state index is 0.339. The molecule has 17 heavy (non-hydrogen) atoms. The fourth-order valence-corrected chi connectivity index (χ4v) is 2.30. The lowest BCUT2D eigenvalue weighted by Gasteiger charge is -2.28. The predicted molar refractivity (Wildman–Crippen MR) is 70.5 cm³/mol. The molecule has 4 heteroatoms. The summed E-state index contributed by atoms with van der Waals surface area (Å²) in [6.07, 6.45) is 1.03. The van der Waals surface area contributed by atoms with Crippen molar-refractivity contribution in [2.45, 2.75) is 18.5 Å². The van der Waals surface area contributed by atoms with E-state index in [-0.39, 0.29) is 0 Å². The van der Waals surface area contributed by atoms with Crippen molar-refractivity contribution in [3.63, 3.8) is 0 Å². The topological polar surface area (TPSA) is 33.3 Å². The molecule has 0 aliphatic carbocycles. The maximum absolute atomic E-state index is 5.90. The molecule has 0 bridgehead atoms. The van der Waals surface area contributed by atoms with Gasteiger partial charge in [-0.25, -0.2) is 0 Å². The zero-order chi connectivity index (χ0) is 12.1. The monoisotopic (exact) mass is 254 g/mol. The zero-order valence-corrected chi connectivity index (χ0v) is 10.8. The molecule has 1 heterocycles. The second-order valence-electron chi connectivity index (χ2n) is 4.35. The summed E-state index contributed by atoms with van der Waals surface area (Å²) in [4.78, 5) is 0. The Morgan fingerprint density at radius 2 is 2.24 bits per heavy atom. The highest BCUT2D eigenvalue weighted by atomic mass is 35.5. The molecule has 2 atom stereocenters. The smallest absolute Gasteiger partial charge is 0.0620 e. The fraction of sp³-hybridized carbons (Fsp3) is 0.538. The summed E-state index contributed by atoms with van der Waals surface area (Å²) in [5.41, 5.74) is 1.27. The second-order valence-corrected chi connectivity index (χ2v) is 4.79. The first-order chi connectivity index (χ1) is 8.29. The van der Waals surface area contributed by atoms with Crippen LogP contribution in [0.3, 0.4) is 0 Å². The van der Waals surface area contributed by atoms with Crippen LogP contribution in [0.4, 0.5) is 0 Å². The van der Waals surface area contributed by atoms with Crippen molar-refractivity contribution >= 4 is 11.6 Å². The van der Waals surface area contributed by atoms with Gasteiger partial charge in [-0.05, 0) is 31.2 Å². The van der Waals surface area contributed by atoms with E-state index >= 15 is 0 Å². The average Bonchev–Trinajstić information content (AvgIpc) is 2.38. The van der Waals surface area contributed by atoms with Gasteiger partial charge in [0.2, 0.25) is 0 Å². The molecule has 0 spiro atoms. The molecule has 0 aromatic heterocycles. The summed E-state index contributed by atoms with van der Waals surface area (Å²) in [5, 5.41) is 7.60. The van der Waals surface area contributed by atoms with Crippen LogP contribution >= 0.6 is 11.6 Å². The van der Waals surface area contributed by atoms with Gasteiger partial charge in [0.25, 0.3) is 0 Å². The van der Waals surface area contributed by atoms with E-state index in [2.05, 4.69) is 22.8 Å². The summed E-state index contributed by atoms with van der Waals surface area (Å²) in [6, 6.07) is 8.79. The van der Waals surface area contributed by atoms with Gasteiger partial charge in [0.15, 0.2) is 0 Å². The summed E-state index contributed by atoms with van der Waals surface area (Å²) < 4.78 is 5.47. The van der Waals surface area contributed by atoms with Crippen LogP contribution in [0, 0.1) is 0 Å². The normalized spacial score (nSPS) is 22.4. The number of ether oxygens (including phenoxy) is 1. The first-order valence-electron chi connectivity index (χ1n) is 6.03. The molecule has 1 fully saturated rings. The van der Waals surface area contributed by atoms with Crippen LogP contribution in [-0.2, 0) is 4.74 Å². The lowest BCUT2D eigenvalue weighted by atomic mass is 9.99. The van der Waals surface area contributed by atoms with Crippen LogP contribution in [0.1, 0.15) is 18.0 Å². The van der Waals surface area contributed by atoms with Crippen molar-refractivity contribution in [2.24, 2.45) is 0 Å². The molecule has 0 saturated carbocycles. The van der Waals surface area contributed by atoms with Gasteiger partial charge in [-0.2, -0.15) is 0 Å². The highest BCUT2D eigenvalue weighted by molar-refractivity contribution is 6.30. The molecule has 1 aromatic rings. The number of rotatable bonds is 4. The largest absolute Gasteiger partial charge is 0.379 e. The maximum atomic E-state index is 5.90. The van der Waals surface area contributed by atoms with Gasteiger partial charge in [0.05, 0.1) is 13.2 Å². The fourth-order valence-electron chi connectivity index (χ4n) is 2.17. The third-order valence-corrected chi connectivity index (χ3v) is 3.39. The first kappa shape index (κ1) is 12.8. The highest BCUT2D eigenvalue weighted by Crippen LogP contribution is 2.21. The lowest BCUT2D eigenvalue weighted by Crippen LogP contribution is -2.43. The molecule has 2 unspecified atom stereocenters. The van der Waals surface area contributed by atoms with Crippen molar-refractivity contribution in [1.29, 1.82) is 0 Å². The van der Waals surface area contributed by atoms with Crippen LogP contribution in [0.15, 0.2) is 24.3 Å². The van der Waals surface area contributed by atoms with E-state index in [0.29, 0.717) is 12.1 Å². The molecular weight excluding hydrogens is 236 g/mol. The summed E-state index contributed by atoms with van der Waals surface area (Å²) in [5.74, 6) is 0. The van der Waals surface area contributed by atoms with Gasteiger partial charge in [-0.15, -0.1) is 0 Å². The number of nitrogens with one attached hydrogen (secondary N) is 2. The number of halogens is 1. The maximum Gasteiger partial charge on any atom is 0.0620 e. The molecule has 1 saturated heterocycles. The number of morpholine rings is 1. The van der Waals surface area contributed by atoms with Gasteiger partial charge < -0.3 is 15.4 Å². The molecule has 1 aliphatic rings. The summed E-state index contributed by atoms with van der Waals surface area (Å²) in [7, 11) is 1.99. The van der Waals surface area contributed by atoms with Crippen molar-refractivity contribution in [1.82, 2.24) is 10.6 Å². The van der Waals surface area contributed by atoms with Gasteiger partial charge in [0, 0.05) is 23.7 Å². The van der Waals surface area contributed by atoms with E-state index in [1.165, 1.54) is 5.56 Å². The number of hydrogen-bond acceptors (Lipinski definition) is 3. The van der Waals surface area contributed by atoms with E-state index in [1.807, 2.05) is 19.2 Å². The Kier molecular flexibility index (Phi) is 4.80. The summed E-state index contributed by atoms with van der Waals surface area (Å²) >= 11 is 5.90. The molecule has 94 valence electrons. The predicted octanol–water partition coefficient (Wildman–Crippen LogP) is 1.98. The van der Waals surface area contributed by atoms with Crippen molar-refractivity contribution in [3.05, 3.63) is 34.9 Å². The standard InChI is InChI=1S/C13H19ClN2O/c1-15-13(8-12-9-17-7-6-16-12)10-2-4-11(14)5-3-10/h2-5,12-13,15-16H,6-9H2,1H3. The molecular formula is C13H19ClN2O. The SMILES string of the molecule is CNC(CC1COCCN1)c1ccc(Cl)cc1. The van der Waals surface area contributed by atoms with E-state index < -0.39 is 0 Å². The molecule has 2 N–H and O–H groups in total. The van der Waals surface area contributed by atoms with E-state index in [1.54, 1.807) is 0 Å². The zero-order valence-electron chi connectivity index (χ0n) is 10.1. The van der Waals surface area contributed by atoms with Gasteiger partial charge in [0.1, 0.15) is 0 Å². The third kappa shape index (κ3) is 3.68. The van der Waals surface area contributed by atoms with Crippen LogP contribution < -0.4 is 10.6 Å². The second kappa shape index (κ2) is 6.36. The molecule has 3 nitrogen and oxygen atoms in total. The van der Waals surface area contributed by atoms with Gasteiger partial charge in [-0.3, -0.25) is 0 Å². The van der Waals surface area contributed by atoms with Crippen LogP contribution in [0.5, 0.6) is 0 Å². The van der Waals surface area contributed by atoms with Crippen LogP contribution in [0.2, 0.25) is 5.02 Å². The minimum atomic E-state index is 0.339. The Bertz CT molecular complexity index is 336. The summed E-state index contributed by atoms with van der Waals surface area (Å²) in [6.45, 7) is 2.56. The number of benzene rings is 1. The van der Waals surface area contributed by atoms with Gasteiger partial charge in [-0.1, -0.05) is 23.7 Å². The minimum Gasteiger partial charge on any atom is -0.379 e. The lowest BCUT2D eigenvalue weighted by molar-refractivity contribution is 0.0708. The third-order valence-electron chi connectivity index (χ3n) is 3.14. The highest BCUT2D eigenvalue weighted by Gasteiger charge is 2.18. The Balaban J connectivity index is 1.97. The van der Waals surface area contributed by atoms with Gasteiger partial charge >= 0.3 is 0 Å². The molecule has 0 radical (unpaired) electrons. The Morgan fingerprint density at radius 1 is 1.47 bits per heavy atom. The molecule has 0 amide bonds. The Labute approximate surface area is 107 Å². The average molecular weight is 255 g/mol. The van der Waals surface area contributed by atoms with Crippen molar-refractivity contribution in [2.75, 3.05) is 26.8 Å². The number of hydrogen-bond donors (Lipinski definition) is 2. The van der Waals surface area contributed by atoms with Crippen molar-refractivity contribution in [3.8, 4) is 0 Å². The molecule has 2 rings (SSSR count). The van der Waals surface area contributed by atoms with Crippen molar-refractivity contribution < 1.29 is 4.74 Å². The van der Waals surface area contributed by atoms with Crippen LogP contribution in [-0.4, -0.2) is 32.8 Å². The quantitative estimate of drug-likeness (QED) is 0.862. The molecule has 1 aromatic carbocycles. The Hall–Kier alpha value is -0.610. The molecule has 1 aliphatic heterocycles. The first-order valence-corrected chi connectivity index (χ1v) is 6.41.